The molecule has 0 fully saturated rings. The van der Waals surface area contributed by atoms with Crippen molar-refractivity contribution in [2.75, 3.05) is 0 Å². The second-order valence-corrected chi connectivity index (χ2v) is 6.79. The summed E-state index contributed by atoms with van der Waals surface area (Å²) in [4.78, 5) is 34.2. The van der Waals surface area contributed by atoms with Crippen LogP contribution in [0.4, 0.5) is 0 Å². The minimum atomic E-state index is -0.694. The lowest BCUT2D eigenvalue weighted by Gasteiger charge is -2.23. The van der Waals surface area contributed by atoms with E-state index in [9.17, 15) is 9.59 Å². The second-order valence-electron chi connectivity index (χ2n) is 6.79. The lowest BCUT2D eigenvalue weighted by Crippen LogP contribution is -2.31. The van der Waals surface area contributed by atoms with E-state index in [1.165, 1.54) is 12.4 Å². The van der Waals surface area contributed by atoms with Gasteiger partial charge in [-0.2, -0.15) is 0 Å². The van der Waals surface area contributed by atoms with Crippen LogP contribution in [0.1, 0.15) is 43.2 Å². The van der Waals surface area contributed by atoms with Crippen molar-refractivity contribution in [1.29, 1.82) is 0 Å². The fourth-order valence-corrected chi connectivity index (χ4v) is 3.03. The van der Waals surface area contributed by atoms with Crippen molar-refractivity contribution >= 4 is 11.8 Å². The van der Waals surface area contributed by atoms with Crippen LogP contribution in [0.25, 0.3) is 0 Å². The van der Waals surface area contributed by atoms with Gasteiger partial charge < -0.3 is 10.6 Å². The first-order chi connectivity index (χ1) is 13.4. The molecular weight excluding hydrogens is 352 g/mol. The van der Waals surface area contributed by atoms with Gasteiger partial charge in [0.15, 0.2) is 0 Å². The molecule has 0 saturated carbocycles. The Morgan fingerprint density at radius 2 is 1.39 bits per heavy atom. The van der Waals surface area contributed by atoms with E-state index in [-0.39, 0.29) is 17.3 Å². The van der Waals surface area contributed by atoms with Crippen LogP contribution in [0, 0.1) is 13.8 Å². The maximum absolute atomic E-state index is 13.2. The van der Waals surface area contributed by atoms with Crippen LogP contribution < -0.4 is 5.73 Å². The maximum atomic E-state index is 13.2. The zero-order valence-electron chi connectivity index (χ0n) is 15.9. The molecule has 6 nitrogen and oxygen atoms in total. The van der Waals surface area contributed by atoms with Crippen LogP contribution in [-0.2, 0) is 13.1 Å². The summed E-state index contributed by atoms with van der Waals surface area (Å²) in [6.07, 6.45) is 1.19. The number of carbonyl (C=O) groups excluding carboxylic acids is 2. The molecule has 2 aromatic carbocycles. The molecule has 0 aliphatic carbocycles. The van der Waals surface area contributed by atoms with Gasteiger partial charge >= 0.3 is 0 Å². The quantitative estimate of drug-likeness (QED) is 0.718. The molecule has 3 aromatic rings. The fourth-order valence-electron chi connectivity index (χ4n) is 3.03. The minimum absolute atomic E-state index is 0.0180. The Morgan fingerprint density at radius 3 is 1.89 bits per heavy atom. The van der Waals surface area contributed by atoms with E-state index >= 15 is 0 Å². The number of hydrogen-bond acceptors (Lipinski definition) is 4. The molecule has 0 unspecified atom stereocenters. The number of benzene rings is 2. The first-order valence-corrected chi connectivity index (χ1v) is 8.94. The van der Waals surface area contributed by atoms with Gasteiger partial charge in [-0.25, -0.2) is 9.97 Å². The zero-order chi connectivity index (χ0) is 20.1. The molecule has 142 valence electrons. The Morgan fingerprint density at radius 1 is 0.857 bits per heavy atom. The normalized spacial score (nSPS) is 10.5. The number of nitrogens with zero attached hydrogens (tertiary/aromatic N) is 3. The third-order valence-electron chi connectivity index (χ3n) is 4.34. The Kier molecular flexibility index (Phi) is 5.79. The fraction of sp³-hybridized carbons (Fsp3) is 0.182. The molecule has 0 bridgehead atoms. The number of aryl methyl sites for hydroxylation is 2. The summed E-state index contributed by atoms with van der Waals surface area (Å²) in [6, 6.07) is 17.4. The van der Waals surface area contributed by atoms with Gasteiger partial charge in [0, 0.05) is 19.2 Å². The highest BCUT2D eigenvalue weighted by Gasteiger charge is 2.20. The maximum Gasteiger partial charge on any atom is 0.273 e. The van der Waals surface area contributed by atoms with Crippen molar-refractivity contribution in [2.45, 2.75) is 26.9 Å². The molecule has 6 heteroatoms. The van der Waals surface area contributed by atoms with Crippen LogP contribution in [-0.4, -0.2) is 26.7 Å². The summed E-state index contributed by atoms with van der Waals surface area (Å²) < 4.78 is 0. The van der Waals surface area contributed by atoms with Crippen molar-refractivity contribution < 1.29 is 9.59 Å². The van der Waals surface area contributed by atoms with E-state index in [4.69, 9.17) is 5.73 Å². The average Bonchev–Trinajstić information content (AvgIpc) is 2.67. The number of rotatable bonds is 6. The molecule has 2 amide bonds. The van der Waals surface area contributed by atoms with Crippen molar-refractivity contribution in [3.8, 4) is 0 Å². The Labute approximate surface area is 164 Å². The molecule has 28 heavy (non-hydrogen) atoms. The van der Waals surface area contributed by atoms with Gasteiger partial charge in [-0.3, -0.25) is 9.59 Å². The van der Waals surface area contributed by atoms with Gasteiger partial charge in [0.2, 0.25) is 0 Å². The molecular formula is C22H22N4O2. The van der Waals surface area contributed by atoms with Gasteiger partial charge in [0.05, 0.1) is 0 Å². The van der Waals surface area contributed by atoms with E-state index in [2.05, 4.69) is 9.97 Å². The van der Waals surface area contributed by atoms with Crippen LogP contribution in [0.2, 0.25) is 0 Å². The molecule has 3 rings (SSSR count). The zero-order valence-corrected chi connectivity index (χ0v) is 15.9. The first-order valence-electron chi connectivity index (χ1n) is 8.94. The standard InChI is InChI=1S/C22H22N4O2/c1-15-5-3-7-17(9-15)12-26(13-18-8-4-6-16(2)10-18)22(28)20-11-19(21(23)27)24-14-25-20/h3-11,14H,12-13H2,1-2H3,(H2,23,27). The number of carbonyl (C=O) groups is 2. The molecule has 0 saturated heterocycles. The summed E-state index contributed by atoms with van der Waals surface area (Å²) in [5.41, 5.74) is 9.73. The summed E-state index contributed by atoms with van der Waals surface area (Å²) in [6.45, 7) is 4.87. The predicted molar refractivity (Wildman–Crippen MR) is 106 cm³/mol. The van der Waals surface area contributed by atoms with Crippen LogP contribution in [0.15, 0.2) is 60.9 Å². The Hall–Kier alpha value is -3.54. The lowest BCUT2D eigenvalue weighted by atomic mass is 10.1. The first kappa shape index (κ1) is 19.2. The van der Waals surface area contributed by atoms with Gasteiger partial charge in [0.25, 0.3) is 11.8 Å². The van der Waals surface area contributed by atoms with Gasteiger partial charge in [-0.05, 0) is 25.0 Å². The van der Waals surface area contributed by atoms with Gasteiger partial charge in [-0.15, -0.1) is 0 Å². The van der Waals surface area contributed by atoms with Crippen LogP contribution >= 0.6 is 0 Å². The average molecular weight is 374 g/mol. The van der Waals surface area contributed by atoms with E-state index < -0.39 is 5.91 Å². The highest BCUT2D eigenvalue weighted by Crippen LogP contribution is 2.15. The van der Waals surface area contributed by atoms with E-state index in [0.717, 1.165) is 22.3 Å². The Bertz CT molecular complexity index is 969. The third kappa shape index (κ3) is 4.79. The number of hydrogen-bond donors (Lipinski definition) is 1. The molecule has 2 N–H and O–H groups in total. The van der Waals surface area contributed by atoms with Gasteiger partial charge in [0.1, 0.15) is 17.7 Å². The van der Waals surface area contributed by atoms with Crippen LogP contribution in [0.3, 0.4) is 0 Å². The highest BCUT2D eigenvalue weighted by atomic mass is 16.2. The summed E-state index contributed by atoms with van der Waals surface area (Å²) >= 11 is 0. The van der Waals surface area contributed by atoms with Crippen molar-refractivity contribution in [2.24, 2.45) is 5.73 Å². The molecule has 0 aliphatic heterocycles. The monoisotopic (exact) mass is 374 g/mol. The molecule has 0 aliphatic rings. The molecule has 1 aromatic heterocycles. The van der Waals surface area contributed by atoms with E-state index in [0.29, 0.717) is 13.1 Å². The van der Waals surface area contributed by atoms with E-state index in [1.54, 1.807) is 4.90 Å². The summed E-state index contributed by atoms with van der Waals surface area (Å²) in [5.74, 6) is -0.978. The number of primary amides is 1. The van der Waals surface area contributed by atoms with E-state index in [1.807, 2.05) is 62.4 Å². The van der Waals surface area contributed by atoms with Gasteiger partial charge in [-0.1, -0.05) is 59.7 Å². The largest absolute Gasteiger partial charge is 0.364 e. The van der Waals surface area contributed by atoms with Crippen molar-refractivity contribution in [3.05, 3.63) is 94.6 Å². The third-order valence-corrected chi connectivity index (χ3v) is 4.34. The Balaban J connectivity index is 1.93. The molecule has 0 radical (unpaired) electrons. The van der Waals surface area contributed by atoms with Crippen molar-refractivity contribution in [1.82, 2.24) is 14.9 Å². The minimum Gasteiger partial charge on any atom is -0.364 e. The SMILES string of the molecule is Cc1cccc(CN(Cc2cccc(C)c2)C(=O)c2cc(C(N)=O)ncn2)c1. The predicted octanol–water partition coefficient (Wildman–Crippen LogP) is 3.03. The number of aromatic nitrogens is 2. The molecule has 0 spiro atoms. The molecule has 1 heterocycles. The number of amides is 2. The topological polar surface area (TPSA) is 89.2 Å². The van der Waals surface area contributed by atoms with Crippen LogP contribution in [0.5, 0.6) is 0 Å². The summed E-state index contributed by atoms with van der Waals surface area (Å²) in [5, 5.41) is 0. The summed E-state index contributed by atoms with van der Waals surface area (Å²) in [7, 11) is 0. The second kappa shape index (κ2) is 8.43. The smallest absolute Gasteiger partial charge is 0.273 e. The lowest BCUT2D eigenvalue weighted by molar-refractivity contribution is 0.0723. The molecule has 0 atom stereocenters. The highest BCUT2D eigenvalue weighted by molar-refractivity contribution is 5.96. The number of nitrogens with two attached hydrogens (primary N) is 1. The van der Waals surface area contributed by atoms with Crippen molar-refractivity contribution in [3.63, 3.8) is 0 Å².